The Morgan fingerprint density at radius 1 is 1.36 bits per heavy atom. The topological polar surface area (TPSA) is 73.6 Å². The van der Waals surface area contributed by atoms with E-state index in [4.69, 9.17) is 10.1 Å². The van der Waals surface area contributed by atoms with Crippen molar-refractivity contribution in [1.29, 1.82) is 5.41 Å². The molecule has 1 aliphatic carbocycles. The molecule has 1 aliphatic heterocycles. The summed E-state index contributed by atoms with van der Waals surface area (Å²) in [5, 5.41) is 18.4. The molecule has 25 heavy (non-hydrogen) atoms. The lowest BCUT2D eigenvalue weighted by molar-refractivity contribution is -0.179. The number of likely N-dealkylation sites (tertiary alicyclic amines) is 1. The molecule has 1 aromatic rings. The van der Waals surface area contributed by atoms with Crippen molar-refractivity contribution in [3.8, 4) is 0 Å². The van der Waals surface area contributed by atoms with E-state index in [0.717, 1.165) is 0 Å². The van der Waals surface area contributed by atoms with Crippen molar-refractivity contribution in [2.45, 2.75) is 43.3 Å². The highest BCUT2D eigenvalue weighted by atomic mass is 19.3. The Morgan fingerprint density at radius 2 is 2.08 bits per heavy atom. The zero-order valence-corrected chi connectivity index (χ0v) is 13.8. The molecular weight excluding hydrogens is 330 g/mol. The lowest BCUT2D eigenvalue weighted by Crippen LogP contribution is -2.45. The third kappa shape index (κ3) is 3.51. The molecule has 1 heterocycles. The predicted molar refractivity (Wildman–Crippen MR) is 87.5 cm³/mol. The van der Waals surface area contributed by atoms with E-state index in [2.05, 4.69) is 0 Å². The third-order valence-electron chi connectivity index (χ3n) is 5.15. The van der Waals surface area contributed by atoms with Gasteiger partial charge in [0.1, 0.15) is 6.10 Å². The van der Waals surface area contributed by atoms with Gasteiger partial charge in [0.25, 0.3) is 0 Å². The molecule has 0 spiro atoms. The number of nitrogens with one attached hydrogen (secondary N) is 1. The average Bonchev–Trinajstić information content (AvgIpc) is 3.20. The Morgan fingerprint density at radius 3 is 2.64 bits per heavy atom. The van der Waals surface area contributed by atoms with E-state index >= 15 is 0 Å². The molecule has 0 bridgehead atoms. The minimum Gasteiger partial charge on any atom is -0.458 e. The third-order valence-corrected chi connectivity index (χ3v) is 5.15. The normalized spacial score (nSPS) is 27.7. The molecule has 136 valence electrons. The van der Waals surface area contributed by atoms with E-state index in [9.17, 15) is 18.7 Å². The standard InChI is InChI=1S/C18H22F2N2O3/c19-17(20)8-6-14(10-17)18(24,13-4-2-1-3-5-13)16(23)25-15-7-9-22(11-15)12-21/h1-5,12,14-15,21,24H,6-11H2/t14-,15+,18+/m1/s1. The quantitative estimate of drug-likeness (QED) is 0.485. The van der Waals surface area contributed by atoms with E-state index in [0.29, 0.717) is 19.5 Å². The van der Waals surface area contributed by atoms with Crippen LogP contribution in [-0.4, -0.2) is 47.4 Å². The lowest BCUT2D eigenvalue weighted by Gasteiger charge is -2.33. The van der Waals surface area contributed by atoms with Gasteiger partial charge in [0.2, 0.25) is 5.92 Å². The molecule has 2 N–H and O–H groups in total. The van der Waals surface area contributed by atoms with Crippen LogP contribution < -0.4 is 0 Å². The van der Waals surface area contributed by atoms with Gasteiger partial charge in [0, 0.05) is 31.7 Å². The van der Waals surface area contributed by atoms with Crippen molar-refractivity contribution >= 4 is 12.3 Å². The number of hydrogen-bond acceptors (Lipinski definition) is 4. The Hall–Kier alpha value is -2.02. The van der Waals surface area contributed by atoms with Gasteiger partial charge in [-0.15, -0.1) is 0 Å². The summed E-state index contributed by atoms with van der Waals surface area (Å²) in [6.07, 6.45) is 0.452. The minimum atomic E-state index is -2.88. The summed E-state index contributed by atoms with van der Waals surface area (Å²) in [6, 6.07) is 8.18. The van der Waals surface area contributed by atoms with Gasteiger partial charge < -0.3 is 14.7 Å². The number of rotatable bonds is 5. The first-order valence-electron chi connectivity index (χ1n) is 8.46. The fraction of sp³-hybridized carbons (Fsp3) is 0.556. The van der Waals surface area contributed by atoms with Gasteiger partial charge in [-0.2, -0.15) is 0 Å². The van der Waals surface area contributed by atoms with Crippen molar-refractivity contribution in [3.63, 3.8) is 0 Å². The number of hydrogen-bond donors (Lipinski definition) is 2. The molecule has 2 aliphatic rings. The Bertz CT molecular complexity index is 640. The molecular formula is C18H22F2N2O3. The Kier molecular flexibility index (Phi) is 4.77. The van der Waals surface area contributed by atoms with Crippen LogP contribution in [0.3, 0.4) is 0 Å². The number of nitrogens with zero attached hydrogens (tertiary/aromatic N) is 1. The van der Waals surface area contributed by atoms with E-state index in [-0.39, 0.29) is 18.4 Å². The molecule has 0 unspecified atom stereocenters. The number of halogens is 2. The predicted octanol–water partition coefficient (Wildman–Crippen LogP) is 2.53. The van der Waals surface area contributed by atoms with Crippen LogP contribution in [0.4, 0.5) is 8.78 Å². The first kappa shape index (κ1) is 17.8. The molecule has 3 rings (SSSR count). The van der Waals surface area contributed by atoms with Gasteiger partial charge in [-0.25, -0.2) is 13.6 Å². The van der Waals surface area contributed by atoms with Gasteiger partial charge in [0.15, 0.2) is 5.60 Å². The molecule has 2 fully saturated rings. The molecule has 0 aromatic heterocycles. The summed E-state index contributed by atoms with van der Waals surface area (Å²) in [4.78, 5) is 14.5. The largest absolute Gasteiger partial charge is 0.458 e. The maximum Gasteiger partial charge on any atom is 0.343 e. The Balaban J connectivity index is 1.84. The van der Waals surface area contributed by atoms with Crippen molar-refractivity contribution in [1.82, 2.24) is 4.90 Å². The van der Waals surface area contributed by atoms with E-state index in [1.54, 1.807) is 35.2 Å². The van der Waals surface area contributed by atoms with Crippen LogP contribution in [0, 0.1) is 11.3 Å². The number of carbonyl (C=O) groups is 1. The number of esters is 1. The average molecular weight is 352 g/mol. The van der Waals surface area contributed by atoms with Crippen LogP contribution in [0.2, 0.25) is 0 Å². The number of alkyl halides is 2. The first-order valence-corrected chi connectivity index (χ1v) is 8.46. The first-order chi connectivity index (χ1) is 11.8. The zero-order valence-electron chi connectivity index (χ0n) is 13.8. The van der Waals surface area contributed by atoms with Crippen molar-refractivity contribution in [2.24, 2.45) is 5.92 Å². The summed E-state index contributed by atoms with van der Waals surface area (Å²) < 4.78 is 32.9. The van der Waals surface area contributed by atoms with Crippen LogP contribution >= 0.6 is 0 Å². The molecule has 1 aromatic carbocycles. The molecule has 7 heteroatoms. The number of aliphatic hydroxyl groups is 1. The zero-order chi connectivity index (χ0) is 18.1. The summed E-state index contributed by atoms with van der Waals surface area (Å²) in [5.74, 6) is -4.64. The minimum absolute atomic E-state index is 0.0603. The van der Waals surface area contributed by atoms with Crippen molar-refractivity contribution in [2.75, 3.05) is 13.1 Å². The molecule has 3 atom stereocenters. The molecule has 5 nitrogen and oxygen atoms in total. The molecule has 1 saturated carbocycles. The monoisotopic (exact) mass is 352 g/mol. The second kappa shape index (κ2) is 6.71. The van der Waals surface area contributed by atoms with Gasteiger partial charge in [-0.3, -0.25) is 5.41 Å². The van der Waals surface area contributed by atoms with E-state index in [1.165, 1.54) is 6.34 Å². The van der Waals surface area contributed by atoms with Crippen LogP contribution in [0.1, 0.15) is 31.2 Å². The van der Waals surface area contributed by atoms with Gasteiger partial charge in [0.05, 0.1) is 12.9 Å². The van der Waals surface area contributed by atoms with E-state index in [1.807, 2.05) is 0 Å². The summed E-state index contributed by atoms with van der Waals surface area (Å²) in [7, 11) is 0. The highest BCUT2D eigenvalue weighted by molar-refractivity contribution is 5.82. The molecule has 1 saturated heterocycles. The van der Waals surface area contributed by atoms with E-state index < -0.39 is 35.9 Å². The fourth-order valence-corrected chi connectivity index (χ4v) is 3.73. The van der Waals surface area contributed by atoms with Gasteiger partial charge in [-0.1, -0.05) is 30.3 Å². The van der Waals surface area contributed by atoms with Gasteiger partial charge >= 0.3 is 5.97 Å². The second-order valence-corrected chi connectivity index (χ2v) is 6.87. The number of benzene rings is 1. The smallest absolute Gasteiger partial charge is 0.343 e. The lowest BCUT2D eigenvalue weighted by atomic mass is 9.80. The number of ether oxygens (including phenoxy) is 1. The summed E-state index contributed by atoms with van der Waals surface area (Å²) in [6.45, 7) is 0.966. The SMILES string of the molecule is N=CN1CC[C@H](OC(=O)[C@](O)(c2ccccc2)[C@@H]2CCC(F)(F)C2)C1. The second-order valence-electron chi connectivity index (χ2n) is 6.87. The fourth-order valence-electron chi connectivity index (χ4n) is 3.73. The summed E-state index contributed by atoms with van der Waals surface area (Å²) in [5.41, 5.74) is -1.80. The maximum absolute atomic E-state index is 13.7. The maximum atomic E-state index is 13.7. The van der Waals surface area contributed by atoms with Crippen LogP contribution in [0.5, 0.6) is 0 Å². The van der Waals surface area contributed by atoms with Crippen LogP contribution in [-0.2, 0) is 15.1 Å². The summed E-state index contributed by atoms with van der Waals surface area (Å²) >= 11 is 0. The molecule has 0 radical (unpaired) electrons. The van der Waals surface area contributed by atoms with Crippen LogP contribution in [0.25, 0.3) is 0 Å². The molecule has 0 amide bonds. The van der Waals surface area contributed by atoms with Gasteiger partial charge in [-0.05, 0) is 12.0 Å². The number of carbonyl (C=O) groups excluding carboxylic acids is 1. The highest BCUT2D eigenvalue weighted by Crippen LogP contribution is 2.48. The highest BCUT2D eigenvalue weighted by Gasteiger charge is 2.54. The van der Waals surface area contributed by atoms with Crippen LogP contribution in [0.15, 0.2) is 30.3 Å². The van der Waals surface area contributed by atoms with Crippen molar-refractivity contribution < 1.29 is 23.4 Å². The van der Waals surface area contributed by atoms with Crippen molar-refractivity contribution in [3.05, 3.63) is 35.9 Å². The Labute approximate surface area is 145 Å².